The Kier molecular flexibility index (Phi) is 16.0. The quantitative estimate of drug-likeness (QED) is 0.115. The molecule has 16 nitrogen and oxygen atoms in total. The summed E-state index contributed by atoms with van der Waals surface area (Å²) in [6.45, 7) is 3.01. The molecule has 0 bridgehead atoms. The maximum absolute atomic E-state index is 10.2. The molecule has 0 saturated heterocycles. The molecule has 0 radical (unpaired) electrons. The van der Waals surface area contributed by atoms with Crippen molar-refractivity contribution in [1.29, 1.82) is 0 Å². The third-order valence-corrected chi connectivity index (χ3v) is 5.17. The normalized spacial score (nSPS) is 13.3. The standard InChI is InChI=1S/2C3H7N5O3S2.2Na/c2*1-2(6-13(9,10)11)12-3-4-7-8-5-3;;/h2*2,6H,1H3,(H,9,10,11)(H,4,5,7,8);;/q;;2*+1/p-2. The van der Waals surface area contributed by atoms with Gasteiger partial charge in [0.05, 0.1) is 10.7 Å². The van der Waals surface area contributed by atoms with E-state index in [-0.39, 0.29) is 59.1 Å². The summed E-state index contributed by atoms with van der Waals surface area (Å²) in [6, 6.07) is 0. The zero-order valence-corrected chi connectivity index (χ0v) is 22.2. The molecular formula is C6H12N10Na2O6S4. The maximum Gasteiger partial charge on any atom is 1.00 e. The molecule has 2 rings (SSSR count). The molecule has 0 aliphatic rings. The number of thioether (sulfide) groups is 2. The van der Waals surface area contributed by atoms with E-state index >= 15 is 0 Å². The van der Waals surface area contributed by atoms with E-state index in [9.17, 15) is 25.9 Å². The number of rotatable bonds is 8. The van der Waals surface area contributed by atoms with Crippen LogP contribution in [0.4, 0.5) is 0 Å². The van der Waals surface area contributed by atoms with Gasteiger partial charge in [0.15, 0.2) is 20.6 Å². The minimum Gasteiger partial charge on any atom is -0.735 e. The molecule has 4 N–H and O–H groups in total. The van der Waals surface area contributed by atoms with Crippen molar-refractivity contribution < 1.29 is 85.1 Å². The number of hydrogen-bond donors (Lipinski definition) is 4. The molecular weight excluding hydrogens is 482 g/mol. The van der Waals surface area contributed by atoms with Crippen molar-refractivity contribution in [2.45, 2.75) is 34.9 Å². The fourth-order valence-corrected chi connectivity index (χ4v) is 4.12. The van der Waals surface area contributed by atoms with Gasteiger partial charge in [-0.2, -0.15) is 0 Å². The topological polar surface area (TPSA) is 247 Å². The maximum atomic E-state index is 10.2. The van der Waals surface area contributed by atoms with Gasteiger partial charge in [-0.05, 0) is 34.7 Å². The Hall–Kier alpha value is 0.580. The van der Waals surface area contributed by atoms with Crippen LogP contribution >= 0.6 is 23.5 Å². The van der Waals surface area contributed by atoms with Crippen LogP contribution in [0.15, 0.2) is 10.3 Å². The Morgan fingerprint density at radius 3 is 1.36 bits per heavy atom. The van der Waals surface area contributed by atoms with Gasteiger partial charge in [0.1, 0.15) is 0 Å². The van der Waals surface area contributed by atoms with Crippen LogP contribution in [-0.4, -0.2) is 77.9 Å². The third kappa shape index (κ3) is 16.4. The first-order valence-electron chi connectivity index (χ1n) is 6.21. The first-order chi connectivity index (χ1) is 11.9. The minimum absolute atomic E-state index is 0. The van der Waals surface area contributed by atoms with Crippen LogP contribution in [0.2, 0.25) is 0 Å². The Bertz CT molecular complexity index is 777. The van der Waals surface area contributed by atoms with Gasteiger partial charge >= 0.3 is 59.1 Å². The average molecular weight is 494 g/mol. The summed E-state index contributed by atoms with van der Waals surface area (Å²) in [5, 5.41) is 24.4. The van der Waals surface area contributed by atoms with Gasteiger partial charge in [-0.3, -0.25) is 0 Å². The van der Waals surface area contributed by atoms with E-state index in [2.05, 4.69) is 41.2 Å². The van der Waals surface area contributed by atoms with E-state index in [0.717, 1.165) is 23.5 Å². The van der Waals surface area contributed by atoms with Gasteiger partial charge < -0.3 is 9.11 Å². The molecule has 2 heterocycles. The van der Waals surface area contributed by atoms with Crippen LogP contribution in [0.1, 0.15) is 13.8 Å². The van der Waals surface area contributed by atoms with Gasteiger partial charge in [0.2, 0.25) is 10.3 Å². The number of tetrazole rings is 2. The summed E-state index contributed by atoms with van der Waals surface area (Å²) >= 11 is 1.99. The molecule has 0 aliphatic heterocycles. The molecule has 2 atom stereocenters. The van der Waals surface area contributed by atoms with Crippen molar-refractivity contribution in [2.24, 2.45) is 0 Å². The van der Waals surface area contributed by atoms with Crippen molar-refractivity contribution >= 4 is 44.1 Å². The van der Waals surface area contributed by atoms with E-state index in [1.54, 1.807) is 0 Å². The summed E-state index contributed by atoms with van der Waals surface area (Å²) in [5.74, 6) is 0. The van der Waals surface area contributed by atoms with Gasteiger partial charge in [-0.1, -0.05) is 23.5 Å². The number of H-pyrrole nitrogens is 2. The van der Waals surface area contributed by atoms with E-state index in [1.165, 1.54) is 13.8 Å². The second-order valence-corrected chi connectivity index (χ2v) is 9.02. The first-order valence-corrected chi connectivity index (χ1v) is 10.8. The van der Waals surface area contributed by atoms with Crippen LogP contribution in [0.3, 0.4) is 0 Å². The molecule has 2 aromatic rings. The van der Waals surface area contributed by atoms with E-state index in [4.69, 9.17) is 0 Å². The monoisotopic (exact) mass is 494 g/mol. The minimum atomic E-state index is -4.43. The first kappa shape index (κ1) is 30.8. The van der Waals surface area contributed by atoms with Crippen molar-refractivity contribution in [1.82, 2.24) is 50.7 Å². The largest absolute Gasteiger partial charge is 1.00 e. The van der Waals surface area contributed by atoms with Crippen LogP contribution in [0.5, 0.6) is 0 Å². The van der Waals surface area contributed by atoms with Crippen LogP contribution in [-0.2, 0) is 20.6 Å². The zero-order chi connectivity index (χ0) is 19.8. The zero-order valence-electron chi connectivity index (χ0n) is 14.9. The number of hydrogen-bond acceptors (Lipinski definition) is 14. The van der Waals surface area contributed by atoms with Gasteiger partial charge in [0.25, 0.3) is 0 Å². The predicted molar refractivity (Wildman–Crippen MR) is 84.7 cm³/mol. The fourth-order valence-electron chi connectivity index (χ4n) is 1.19. The number of aromatic nitrogens is 8. The Balaban J connectivity index is 0. The third-order valence-electron chi connectivity index (χ3n) is 1.85. The second-order valence-electron chi connectivity index (χ2n) is 4.08. The molecule has 2 aromatic heterocycles. The summed E-state index contributed by atoms with van der Waals surface area (Å²) in [7, 11) is -8.86. The number of nitrogens with zero attached hydrogens (tertiary/aromatic N) is 6. The molecule has 2 unspecified atom stereocenters. The number of nitrogens with one attached hydrogen (secondary N) is 4. The molecule has 148 valence electrons. The van der Waals surface area contributed by atoms with E-state index in [1.807, 2.05) is 9.44 Å². The van der Waals surface area contributed by atoms with E-state index in [0.29, 0.717) is 10.3 Å². The second kappa shape index (κ2) is 14.6. The van der Waals surface area contributed by atoms with Crippen LogP contribution in [0, 0.1) is 0 Å². The molecule has 28 heavy (non-hydrogen) atoms. The van der Waals surface area contributed by atoms with Crippen molar-refractivity contribution in [2.75, 3.05) is 0 Å². The molecule has 0 amide bonds. The Morgan fingerprint density at radius 1 is 0.821 bits per heavy atom. The molecule has 22 heteroatoms. The number of aromatic amines is 2. The van der Waals surface area contributed by atoms with Gasteiger partial charge in [-0.25, -0.2) is 36.5 Å². The molecule has 0 saturated carbocycles. The summed E-state index contributed by atoms with van der Waals surface area (Å²) in [5.41, 5.74) is 0. The van der Waals surface area contributed by atoms with Crippen LogP contribution < -0.4 is 68.6 Å². The summed E-state index contributed by atoms with van der Waals surface area (Å²) < 4.78 is 65.0. The van der Waals surface area contributed by atoms with Crippen molar-refractivity contribution in [3.63, 3.8) is 0 Å². The van der Waals surface area contributed by atoms with Crippen LogP contribution in [0.25, 0.3) is 0 Å². The predicted octanol–water partition coefficient (Wildman–Crippen LogP) is -8.62. The van der Waals surface area contributed by atoms with Gasteiger partial charge in [-0.15, -0.1) is 10.2 Å². The van der Waals surface area contributed by atoms with E-state index < -0.39 is 31.4 Å². The van der Waals surface area contributed by atoms with Gasteiger partial charge in [0, 0.05) is 0 Å². The molecule has 0 fully saturated rings. The van der Waals surface area contributed by atoms with Crippen molar-refractivity contribution in [3.05, 3.63) is 0 Å². The summed E-state index contributed by atoms with van der Waals surface area (Å²) in [4.78, 5) is 0. The smallest absolute Gasteiger partial charge is 0.735 e. The molecule has 0 aliphatic carbocycles. The Morgan fingerprint density at radius 2 is 1.14 bits per heavy atom. The molecule has 0 aromatic carbocycles. The average Bonchev–Trinajstić information content (AvgIpc) is 3.08. The SMILES string of the molecule is CC(NS(=O)(=O)[O-])Sc1nnn[nH]1.CC(NS(=O)(=O)[O-])Sc1nnn[nH]1.[Na+].[Na+]. The molecule has 0 spiro atoms. The van der Waals surface area contributed by atoms with Crippen molar-refractivity contribution in [3.8, 4) is 0 Å². The Labute approximate surface area is 212 Å². The fraction of sp³-hybridized carbons (Fsp3) is 0.667. The summed E-state index contributed by atoms with van der Waals surface area (Å²) in [6.07, 6.45) is 0.